The van der Waals surface area contributed by atoms with Gasteiger partial charge in [-0.25, -0.2) is 4.79 Å². The summed E-state index contributed by atoms with van der Waals surface area (Å²) in [5.41, 5.74) is 5.44. The first-order chi connectivity index (χ1) is 11.6. The van der Waals surface area contributed by atoms with Crippen molar-refractivity contribution in [2.24, 2.45) is 5.73 Å². The number of nitrogens with two attached hydrogens (primary N) is 1. The molecule has 2 N–H and O–H groups in total. The number of hydrogen-bond acceptors (Lipinski definition) is 5. The summed E-state index contributed by atoms with van der Waals surface area (Å²) in [5, 5.41) is 0. The van der Waals surface area contributed by atoms with Crippen molar-refractivity contribution >= 4 is 54.1 Å². The molecule has 0 bridgehead atoms. The van der Waals surface area contributed by atoms with Crippen LogP contribution < -0.4 is 5.73 Å². The summed E-state index contributed by atoms with van der Waals surface area (Å²) < 4.78 is 4.66. The number of rotatable bonds is 16. The molecule has 1 unspecified atom stereocenters. The van der Waals surface area contributed by atoms with Crippen molar-refractivity contribution in [3.8, 4) is 0 Å². The maximum atomic E-state index is 11.5. The summed E-state index contributed by atoms with van der Waals surface area (Å²) in [6.07, 6.45) is 16.7. The molecule has 0 aliphatic carbocycles. The molecule has 6 heteroatoms. The van der Waals surface area contributed by atoms with Gasteiger partial charge in [0.15, 0.2) is 0 Å². The monoisotopic (exact) mass is 383 g/mol. The Kier molecular flexibility index (Phi) is 23.0. The molecule has 0 amide bonds. The zero-order chi connectivity index (χ0) is 18.0. The Balaban J connectivity index is 0. The molecule has 0 rings (SSSR count). The van der Waals surface area contributed by atoms with Gasteiger partial charge < -0.3 is 10.5 Å². The quantitative estimate of drug-likeness (QED) is 0.138. The SMILES string of the molecule is CCCCCCCCCCCCCCCC(=O)OC(=O)C(N)CS.[NaH]. The van der Waals surface area contributed by atoms with Gasteiger partial charge in [-0.3, -0.25) is 4.79 Å². The third kappa shape index (κ3) is 19.0. The van der Waals surface area contributed by atoms with Gasteiger partial charge in [0, 0.05) is 12.2 Å². The summed E-state index contributed by atoms with van der Waals surface area (Å²) in [5.74, 6) is -0.963. The van der Waals surface area contributed by atoms with Crippen molar-refractivity contribution in [3.05, 3.63) is 0 Å². The van der Waals surface area contributed by atoms with E-state index in [1.807, 2.05) is 0 Å². The van der Waals surface area contributed by atoms with E-state index in [2.05, 4.69) is 24.3 Å². The Morgan fingerprint density at radius 3 is 1.64 bits per heavy atom. The topological polar surface area (TPSA) is 69.4 Å². The molecule has 0 fully saturated rings. The van der Waals surface area contributed by atoms with Gasteiger partial charge in [0.05, 0.1) is 0 Å². The van der Waals surface area contributed by atoms with Crippen molar-refractivity contribution in [2.75, 3.05) is 5.75 Å². The Morgan fingerprint density at radius 2 is 1.24 bits per heavy atom. The van der Waals surface area contributed by atoms with Gasteiger partial charge in [-0.05, 0) is 6.42 Å². The molecule has 0 aliphatic heterocycles. The molecule has 144 valence electrons. The van der Waals surface area contributed by atoms with E-state index in [-0.39, 0.29) is 35.3 Å². The van der Waals surface area contributed by atoms with E-state index in [1.165, 1.54) is 64.2 Å². The fourth-order valence-electron chi connectivity index (χ4n) is 2.60. The van der Waals surface area contributed by atoms with Gasteiger partial charge in [0.2, 0.25) is 0 Å². The molecular formula is C19H38NNaO3S. The molecule has 0 heterocycles. The summed E-state index contributed by atoms with van der Waals surface area (Å²) in [6.45, 7) is 2.25. The van der Waals surface area contributed by atoms with Gasteiger partial charge in [-0.2, -0.15) is 12.6 Å². The third-order valence-corrected chi connectivity index (χ3v) is 4.59. The van der Waals surface area contributed by atoms with E-state index in [0.29, 0.717) is 6.42 Å². The normalized spacial score (nSPS) is 11.6. The molecule has 4 nitrogen and oxygen atoms in total. The van der Waals surface area contributed by atoms with Crippen LogP contribution in [-0.2, 0) is 14.3 Å². The van der Waals surface area contributed by atoms with E-state index in [0.717, 1.165) is 19.3 Å². The molecular weight excluding hydrogens is 345 g/mol. The second kappa shape index (κ2) is 20.8. The first kappa shape index (κ1) is 27.7. The Morgan fingerprint density at radius 1 is 0.840 bits per heavy atom. The van der Waals surface area contributed by atoms with E-state index in [4.69, 9.17) is 5.73 Å². The number of esters is 2. The van der Waals surface area contributed by atoms with Crippen molar-refractivity contribution < 1.29 is 14.3 Å². The number of thiol groups is 1. The van der Waals surface area contributed by atoms with Crippen LogP contribution in [0.1, 0.15) is 96.8 Å². The Labute approximate surface area is 182 Å². The van der Waals surface area contributed by atoms with Crippen LogP contribution in [0.15, 0.2) is 0 Å². The third-order valence-electron chi connectivity index (χ3n) is 4.20. The number of carbonyl (C=O) groups excluding carboxylic acids is 2. The average Bonchev–Trinajstić information content (AvgIpc) is 2.58. The minimum atomic E-state index is -0.816. The molecule has 1 atom stereocenters. The second-order valence-electron chi connectivity index (χ2n) is 6.57. The van der Waals surface area contributed by atoms with Crippen LogP contribution in [0.25, 0.3) is 0 Å². The van der Waals surface area contributed by atoms with Crippen LogP contribution in [0, 0.1) is 0 Å². The zero-order valence-corrected chi connectivity index (χ0v) is 16.3. The molecule has 0 radical (unpaired) electrons. The summed E-state index contributed by atoms with van der Waals surface area (Å²) in [6, 6.07) is -0.816. The number of ether oxygens (including phenoxy) is 1. The molecule has 25 heavy (non-hydrogen) atoms. The number of carbonyl (C=O) groups is 2. The van der Waals surface area contributed by atoms with Crippen LogP contribution in [0.4, 0.5) is 0 Å². The van der Waals surface area contributed by atoms with Crippen LogP contribution in [0.5, 0.6) is 0 Å². The van der Waals surface area contributed by atoms with Crippen LogP contribution in [-0.4, -0.2) is 53.3 Å². The molecule has 0 spiro atoms. The molecule has 0 saturated carbocycles. The van der Waals surface area contributed by atoms with E-state index in [9.17, 15) is 9.59 Å². The van der Waals surface area contributed by atoms with Crippen LogP contribution in [0.3, 0.4) is 0 Å². The summed E-state index contributed by atoms with van der Waals surface area (Å²) in [4.78, 5) is 22.8. The number of hydrogen-bond donors (Lipinski definition) is 2. The molecule has 0 aliphatic rings. The Hall–Kier alpha value is 0.450. The van der Waals surface area contributed by atoms with Crippen molar-refractivity contribution in [1.29, 1.82) is 0 Å². The van der Waals surface area contributed by atoms with Crippen molar-refractivity contribution in [3.63, 3.8) is 0 Å². The molecule has 0 aromatic rings. The predicted molar refractivity (Wildman–Crippen MR) is 110 cm³/mol. The second-order valence-corrected chi connectivity index (χ2v) is 6.94. The van der Waals surface area contributed by atoms with Crippen molar-refractivity contribution in [1.82, 2.24) is 0 Å². The summed E-state index contributed by atoms with van der Waals surface area (Å²) >= 11 is 3.90. The maximum absolute atomic E-state index is 11.5. The van der Waals surface area contributed by atoms with E-state index >= 15 is 0 Å². The molecule has 0 saturated heterocycles. The van der Waals surface area contributed by atoms with Gasteiger partial charge in [0.1, 0.15) is 6.04 Å². The zero-order valence-electron chi connectivity index (χ0n) is 15.4. The van der Waals surface area contributed by atoms with Gasteiger partial charge in [-0.15, -0.1) is 0 Å². The predicted octanol–water partition coefficient (Wildman–Crippen LogP) is 4.15. The Bertz CT molecular complexity index is 330. The first-order valence-electron chi connectivity index (χ1n) is 9.72. The van der Waals surface area contributed by atoms with Gasteiger partial charge in [0.25, 0.3) is 0 Å². The van der Waals surface area contributed by atoms with Crippen LogP contribution in [0.2, 0.25) is 0 Å². The van der Waals surface area contributed by atoms with Gasteiger partial charge in [-0.1, -0.05) is 84.0 Å². The van der Waals surface area contributed by atoms with E-state index < -0.39 is 18.0 Å². The average molecular weight is 384 g/mol. The molecule has 0 aromatic heterocycles. The standard InChI is InChI=1S/C19H37NO3S.Na.H/c1-2-3-4-5-6-7-8-9-10-11-12-13-14-15-18(21)23-19(22)17(20)16-24;;/h17,24H,2-16,20H2,1H3;;. The first-order valence-corrected chi connectivity index (χ1v) is 10.4. The van der Waals surface area contributed by atoms with Crippen LogP contribution >= 0.6 is 12.6 Å². The molecule has 0 aromatic carbocycles. The fraction of sp³-hybridized carbons (Fsp3) is 0.895. The summed E-state index contributed by atoms with van der Waals surface area (Å²) in [7, 11) is 0. The number of unbranched alkanes of at least 4 members (excludes halogenated alkanes) is 12. The fourth-order valence-corrected chi connectivity index (χ4v) is 2.75. The van der Waals surface area contributed by atoms with Crippen molar-refractivity contribution in [2.45, 2.75) is 103 Å². The minimum absolute atomic E-state index is 0. The van der Waals surface area contributed by atoms with Gasteiger partial charge >= 0.3 is 41.5 Å². The van der Waals surface area contributed by atoms with E-state index in [1.54, 1.807) is 0 Å².